The van der Waals surface area contributed by atoms with Gasteiger partial charge in [0.05, 0.1) is 6.54 Å². The number of nitrogens with zero attached hydrogens (tertiary/aromatic N) is 3. The van der Waals surface area contributed by atoms with E-state index in [4.69, 9.17) is 11.3 Å². The monoisotopic (exact) mass is 381 g/mol. The lowest BCUT2D eigenvalue weighted by Gasteiger charge is -2.10. The lowest BCUT2D eigenvalue weighted by molar-refractivity contribution is 0.489. The van der Waals surface area contributed by atoms with Crippen molar-refractivity contribution in [2.75, 3.05) is 0 Å². The van der Waals surface area contributed by atoms with Crippen LogP contribution in [0.15, 0.2) is 64.9 Å². The molecular weight excluding hydrogens is 367 g/mol. The minimum absolute atomic E-state index is 0.0258. The predicted molar refractivity (Wildman–Crippen MR) is 101 cm³/mol. The molecule has 3 aromatic carbocycles. The fraction of sp³-hybridized carbons (Fsp3) is 0.0500. The summed E-state index contributed by atoms with van der Waals surface area (Å²) < 4.78 is 42.9. The molecule has 3 N–H and O–H groups in total. The fourth-order valence-electron chi connectivity index (χ4n) is 3.35. The average Bonchev–Trinajstić information content (AvgIpc) is 2.99. The Bertz CT molecular complexity index is 1260. The molecule has 0 atom stereocenters. The van der Waals surface area contributed by atoms with Crippen molar-refractivity contribution >= 4 is 27.6 Å². The third-order valence-corrected chi connectivity index (χ3v) is 4.64. The lowest BCUT2D eigenvalue weighted by atomic mass is 10.1. The molecule has 0 amide bonds. The molecule has 140 valence electrons. The van der Waals surface area contributed by atoms with Crippen LogP contribution in [0.4, 0.5) is 13.2 Å². The first-order chi connectivity index (χ1) is 13.5. The molecule has 4 rings (SSSR count). The Hall–Kier alpha value is -3.68. The Kier molecular flexibility index (Phi) is 4.31. The maximum atomic E-state index is 14.2. The number of halogens is 3. The van der Waals surface area contributed by atoms with Crippen molar-refractivity contribution in [3.63, 3.8) is 0 Å². The van der Waals surface area contributed by atoms with E-state index in [1.807, 2.05) is 28.8 Å². The molecule has 4 aromatic rings. The molecule has 0 aliphatic carbocycles. The normalized spacial score (nSPS) is 12.0. The summed E-state index contributed by atoms with van der Waals surface area (Å²) in [7, 11) is 0. The number of hydrogen-bond donors (Lipinski definition) is 2. The molecule has 0 aliphatic rings. The van der Waals surface area contributed by atoms with Gasteiger partial charge in [-0.2, -0.15) is 5.53 Å². The summed E-state index contributed by atoms with van der Waals surface area (Å²) in [5.74, 6) is -3.03. The van der Waals surface area contributed by atoms with E-state index in [2.05, 4.69) is 10.3 Å². The van der Waals surface area contributed by atoms with Gasteiger partial charge in [0.1, 0.15) is 5.82 Å². The highest BCUT2D eigenvalue weighted by atomic mass is 19.2. The minimum atomic E-state index is -1.22. The van der Waals surface area contributed by atoms with Gasteiger partial charge in [-0.25, -0.2) is 13.2 Å². The van der Waals surface area contributed by atoms with E-state index in [1.165, 1.54) is 0 Å². The standard InChI is InChI=1S/C20H14F3N5/c21-15-9-17(23)16(22)8-12(15)10-28-18-4-2-1-3-13(18)14-7-11(5-6-19(14)28)20(24)26-27-25/h1-9H,10H2,(H3,24,25,26). The smallest absolute Gasteiger partial charge is 0.161 e. The number of amidine groups is 1. The highest BCUT2D eigenvalue weighted by Gasteiger charge is 2.15. The molecule has 28 heavy (non-hydrogen) atoms. The molecule has 1 aromatic heterocycles. The first-order valence-corrected chi connectivity index (χ1v) is 8.34. The SMILES string of the molecule is N=NN=C(N)c1ccc2c(c1)c1ccccc1n2Cc1cc(F)c(F)cc1F. The summed E-state index contributed by atoms with van der Waals surface area (Å²) in [6.07, 6.45) is 0. The topological polar surface area (TPSA) is 79.5 Å². The van der Waals surface area contributed by atoms with Gasteiger partial charge in [0.15, 0.2) is 17.5 Å². The largest absolute Gasteiger partial charge is 0.382 e. The van der Waals surface area contributed by atoms with Gasteiger partial charge in [-0.3, -0.25) is 0 Å². The van der Waals surface area contributed by atoms with Crippen LogP contribution in [0.1, 0.15) is 11.1 Å². The van der Waals surface area contributed by atoms with Crippen LogP contribution in [-0.2, 0) is 6.54 Å². The number of fused-ring (bicyclic) bond motifs is 3. The molecule has 0 aliphatic heterocycles. The molecule has 0 radical (unpaired) electrons. The van der Waals surface area contributed by atoms with Crippen LogP contribution in [0.3, 0.4) is 0 Å². The van der Waals surface area contributed by atoms with Crippen molar-refractivity contribution in [1.82, 2.24) is 4.57 Å². The number of benzene rings is 3. The van der Waals surface area contributed by atoms with Crippen LogP contribution in [0.2, 0.25) is 0 Å². The molecule has 0 bridgehead atoms. The molecule has 5 nitrogen and oxygen atoms in total. The van der Waals surface area contributed by atoms with E-state index in [1.54, 1.807) is 18.2 Å². The van der Waals surface area contributed by atoms with E-state index in [9.17, 15) is 13.2 Å². The van der Waals surface area contributed by atoms with Crippen molar-refractivity contribution in [1.29, 1.82) is 5.53 Å². The molecule has 8 heteroatoms. The maximum Gasteiger partial charge on any atom is 0.161 e. The van der Waals surface area contributed by atoms with Gasteiger partial charge in [-0.05, 0) is 30.3 Å². The third kappa shape index (κ3) is 2.88. The van der Waals surface area contributed by atoms with Crippen molar-refractivity contribution in [3.8, 4) is 0 Å². The number of aromatic nitrogens is 1. The summed E-state index contributed by atoms with van der Waals surface area (Å²) in [6, 6.07) is 14.2. The number of hydrogen-bond acceptors (Lipinski definition) is 2. The fourth-order valence-corrected chi connectivity index (χ4v) is 3.35. The zero-order valence-corrected chi connectivity index (χ0v) is 14.5. The van der Waals surface area contributed by atoms with Crippen LogP contribution in [-0.4, -0.2) is 10.4 Å². The third-order valence-electron chi connectivity index (χ3n) is 4.64. The second kappa shape index (κ2) is 6.80. The Morgan fingerprint density at radius 2 is 1.61 bits per heavy atom. The number of rotatable bonds is 4. The van der Waals surface area contributed by atoms with Gasteiger partial charge in [0.25, 0.3) is 0 Å². The summed E-state index contributed by atoms with van der Waals surface area (Å²) in [6.45, 7) is 0.0258. The van der Waals surface area contributed by atoms with Gasteiger partial charge in [-0.1, -0.05) is 23.4 Å². The Morgan fingerprint density at radius 3 is 2.39 bits per heavy atom. The van der Waals surface area contributed by atoms with E-state index in [-0.39, 0.29) is 17.9 Å². The second-order valence-corrected chi connectivity index (χ2v) is 6.28. The first kappa shape index (κ1) is 17.7. The highest BCUT2D eigenvalue weighted by molar-refractivity contribution is 6.11. The van der Waals surface area contributed by atoms with Crippen LogP contribution in [0.5, 0.6) is 0 Å². The van der Waals surface area contributed by atoms with Crippen molar-refractivity contribution in [3.05, 3.63) is 83.2 Å². The zero-order valence-electron chi connectivity index (χ0n) is 14.5. The van der Waals surface area contributed by atoms with Gasteiger partial charge in [-0.15, -0.1) is 5.10 Å². The van der Waals surface area contributed by atoms with Crippen molar-refractivity contribution < 1.29 is 13.2 Å². The number of nitrogens with two attached hydrogens (primary N) is 1. The molecule has 1 heterocycles. The Morgan fingerprint density at radius 1 is 0.893 bits per heavy atom. The summed E-state index contributed by atoms with van der Waals surface area (Å²) >= 11 is 0. The van der Waals surface area contributed by atoms with Crippen LogP contribution >= 0.6 is 0 Å². The second-order valence-electron chi connectivity index (χ2n) is 6.28. The summed E-state index contributed by atoms with van der Waals surface area (Å²) in [5.41, 5.74) is 14.8. The van der Waals surface area contributed by atoms with E-state index in [0.717, 1.165) is 27.9 Å². The van der Waals surface area contributed by atoms with Gasteiger partial charge in [0, 0.05) is 39.0 Å². The van der Waals surface area contributed by atoms with Gasteiger partial charge < -0.3 is 10.3 Å². The Balaban J connectivity index is 1.94. The van der Waals surface area contributed by atoms with Gasteiger partial charge >= 0.3 is 0 Å². The molecule has 0 fully saturated rings. The van der Waals surface area contributed by atoms with E-state index in [0.29, 0.717) is 11.6 Å². The van der Waals surface area contributed by atoms with E-state index < -0.39 is 17.5 Å². The number of nitrogens with one attached hydrogen (secondary N) is 1. The summed E-state index contributed by atoms with van der Waals surface area (Å²) in [5, 5.41) is 8.20. The lowest BCUT2D eigenvalue weighted by Crippen LogP contribution is -2.12. The maximum absolute atomic E-state index is 14.2. The first-order valence-electron chi connectivity index (χ1n) is 8.34. The summed E-state index contributed by atoms with van der Waals surface area (Å²) in [4.78, 5) is 0. The van der Waals surface area contributed by atoms with Crippen LogP contribution in [0, 0.1) is 23.0 Å². The highest BCUT2D eigenvalue weighted by Crippen LogP contribution is 2.31. The molecule has 0 saturated heterocycles. The van der Waals surface area contributed by atoms with E-state index >= 15 is 0 Å². The molecule has 0 saturated carbocycles. The van der Waals surface area contributed by atoms with Crippen molar-refractivity contribution in [2.24, 2.45) is 16.1 Å². The van der Waals surface area contributed by atoms with Crippen LogP contribution in [0.25, 0.3) is 21.8 Å². The molecule has 0 unspecified atom stereocenters. The average molecular weight is 381 g/mol. The minimum Gasteiger partial charge on any atom is -0.382 e. The number of para-hydroxylation sites is 1. The molecular formula is C20H14F3N5. The quantitative estimate of drug-likeness (QED) is 0.170. The van der Waals surface area contributed by atoms with Crippen LogP contribution < -0.4 is 5.73 Å². The van der Waals surface area contributed by atoms with Crippen molar-refractivity contribution in [2.45, 2.75) is 6.54 Å². The Labute approximate surface area is 157 Å². The van der Waals surface area contributed by atoms with Gasteiger partial charge in [0.2, 0.25) is 0 Å². The zero-order chi connectivity index (χ0) is 19.8. The predicted octanol–water partition coefficient (Wildman–Crippen LogP) is 4.91. The molecule has 0 spiro atoms.